The van der Waals surface area contributed by atoms with E-state index in [9.17, 15) is 4.79 Å². The molecular weight excluding hydrogens is 364 g/mol. The van der Waals surface area contributed by atoms with E-state index in [0.29, 0.717) is 6.42 Å². The standard InChI is InChI=1S/C20H23BrN2O/c1-15-4-3-5-17(12-15)14-20(24)23-10-8-22(9-11-23)18-6-7-19(21)16(2)13-18/h3-7,12-13H,8-11,14H2,1-2H3. The summed E-state index contributed by atoms with van der Waals surface area (Å²) >= 11 is 3.55. The van der Waals surface area contributed by atoms with Crippen LogP contribution in [0.3, 0.4) is 0 Å². The summed E-state index contributed by atoms with van der Waals surface area (Å²) in [6.07, 6.45) is 0.499. The van der Waals surface area contributed by atoms with Gasteiger partial charge in [0.2, 0.25) is 5.91 Å². The van der Waals surface area contributed by atoms with E-state index in [4.69, 9.17) is 0 Å². The minimum Gasteiger partial charge on any atom is -0.368 e. The second kappa shape index (κ2) is 7.39. The van der Waals surface area contributed by atoms with Crippen LogP contribution in [0.25, 0.3) is 0 Å². The van der Waals surface area contributed by atoms with Gasteiger partial charge in [-0.05, 0) is 43.2 Å². The van der Waals surface area contributed by atoms with Crippen LogP contribution in [-0.4, -0.2) is 37.0 Å². The number of hydrogen-bond acceptors (Lipinski definition) is 2. The van der Waals surface area contributed by atoms with E-state index in [-0.39, 0.29) is 5.91 Å². The fourth-order valence-electron chi connectivity index (χ4n) is 3.15. The SMILES string of the molecule is Cc1cccc(CC(=O)N2CCN(c3ccc(Br)c(C)c3)CC2)c1. The molecule has 126 valence electrons. The summed E-state index contributed by atoms with van der Waals surface area (Å²) in [5.74, 6) is 0.229. The lowest BCUT2D eigenvalue weighted by atomic mass is 10.1. The monoisotopic (exact) mass is 386 g/mol. The topological polar surface area (TPSA) is 23.6 Å². The lowest BCUT2D eigenvalue weighted by Gasteiger charge is -2.36. The van der Waals surface area contributed by atoms with Crippen molar-refractivity contribution in [2.45, 2.75) is 20.3 Å². The summed E-state index contributed by atoms with van der Waals surface area (Å²) in [6.45, 7) is 7.53. The highest BCUT2D eigenvalue weighted by atomic mass is 79.9. The van der Waals surface area contributed by atoms with Crippen molar-refractivity contribution in [1.82, 2.24) is 4.90 Å². The molecule has 4 heteroatoms. The van der Waals surface area contributed by atoms with Crippen LogP contribution in [0.1, 0.15) is 16.7 Å². The summed E-state index contributed by atoms with van der Waals surface area (Å²) in [5, 5.41) is 0. The first-order valence-corrected chi connectivity index (χ1v) is 9.16. The van der Waals surface area contributed by atoms with Crippen LogP contribution >= 0.6 is 15.9 Å². The second-order valence-corrected chi connectivity index (χ2v) is 7.32. The van der Waals surface area contributed by atoms with Gasteiger partial charge in [-0.25, -0.2) is 0 Å². The van der Waals surface area contributed by atoms with Crippen molar-refractivity contribution in [3.63, 3.8) is 0 Å². The molecule has 0 atom stereocenters. The summed E-state index contributed by atoms with van der Waals surface area (Å²) in [5.41, 5.74) is 4.79. The molecule has 1 amide bonds. The van der Waals surface area contributed by atoms with Crippen LogP contribution < -0.4 is 4.90 Å². The van der Waals surface area contributed by atoms with Crippen LogP contribution in [0.15, 0.2) is 46.9 Å². The Kier molecular flexibility index (Phi) is 5.24. The fraction of sp³-hybridized carbons (Fsp3) is 0.350. The number of halogens is 1. The summed E-state index contributed by atoms with van der Waals surface area (Å²) in [4.78, 5) is 16.9. The molecule has 1 saturated heterocycles. The molecule has 1 heterocycles. The van der Waals surface area contributed by atoms with Gasteiger partial charge in [-0.15, -0.1) is 0 Å². The van der Waals surface area contributed by atoms with Gasteiger partial charge in [-0.3, -0.25) is 4.79 Å². The van der Waals surface area contributed by atoms with Gasteiger partial charge in [0.15, 0.2) is 0 Å². The highest BCUT2D eigenvalue weighted by Crippen LogP contribution is 2.24. The van der Waals surface area contributed by atoms with Crippen molar-refractivity contribution in [3.05, 3.63) is 63.6 Å². The molecule has 0 N–H and O–H groups in total. The van der Waals surface area contributed by atoms with Crippen LogP contribution in [0.2, 0.25) is 0 Å². The summed E-state index contributed by atoms with van der Waals surface area (Å²) in [7, 11) is 0. The van der Waals surface area contributed by atoms with Crippen LogP contribution in [0.4, 0.5) is 5.69 Å². The van der Waals surface area contributed by atoms with Gasteiger partial charge in [0.1, 0.15) is 0 Å². The molecule has 0 bridgehead atoms. The average Bonchev–Trinajstić information content (AvgIpc) is 2.57. The van der Waals surface area contributed by atoms with Gasteiger partial charge in [0.25, 0.3) is 0 Å². The van der Waals surface area contributed by atoms with Crippen LogP contribution in [0, 0.1) is 13.8 Å². The number of anilines is 1. The Balaban J connectivity index is 1.58. The Morgan fingerprint density at radius 1 is 1.04 bits per heavy atom. The zero-order chi connectivity index (χ0) is 17.1. The van der Waals surface area contributed by atoms with Crippen molar-refractivity contribution in [2.24, 2.45) is 0 Å². The molecule has 24 heavy (non-hydrogen) atoms. The Morgan fingerprint density at radius 2 is 1.79 bits per heavy atom. The molecule has 0 saturated carbocycles. The third kappa shape index (κ3) is 3.99. The highest BCUT2D eigenvalue weighted by molar-refractivity contribution is 9.10. The number of carbonyl (C=O) groups excluding carboxylic acids is 1. The molecule has 3 nitrogen and oxygen atoms in total. The van der Waals surface area contributed by atoms with Crippen molar-refractivity contribution < 1.29 is 4.79 Å². The minimum atomic E-state index is 0.229. The van der Waals surface area contributed by atoms with Gasteiger partial charge >= 0.3 is 0 Å². The van der Waals surface area contributed by atoms with Crippen LogP contribution in [0.5, 0.6) is 0 Å². The van der Waals surface area contributed by atoms with Gasteiger partial charge in [0.05, 0.1) is 6.42 Å². The molecule has 3 rings (SSSR count). The maximum absolute atomic E-state index is 12.5. The smallest absolute Gasteiger partial charge is 0.227 e. The van der Waals surface area contributed by atoms with Gasteiger partial charge in [-0.2, -0.15) is 0 Å². The molecular formula is C20H23BrN2O. The molecule has 0 radical (unpaired) electrons. The Hall–Kier alpha value is -1.81. The van der Waals surface area contributed by atoms with E-state index in [0.717, 1.165) is 36.2 Å². The third-order valence-corrected chi connectivity index (χ3v) is 5.47. The van der Waals surface area contributed by atoms with E-state index in [1.807, 2.05) is 17.0 Å². The first kappa shape index (κ1) is 17.0. The lowest BCUT2D eigenvalue weighted by molar-refractivity contribution is -0.130. The van der Waals surface area contributed by atoms with E-state index in [1.165, 1.54) is 16.8 Å². The lowest BCUT2D eigenvalue weighted by Crippen LogP contribution is -2.49. The Bertz CT molecular complexity index is 736. The average molecular weight is 387 g/mol. The number of amides is 1. The maximum Gasteiger partial charge on any atom is 0.227 e. The molecule has 0 aromatic heterocycles. The first-order chi connectivity index (χ1) is 11.5. The highest BCUT2D eigenvalue weighted by Gasteiger charge is 2.21. The second-order valence-electron chi connectivity index (χ2n) is 6.47. The number of nitrogens with zero attached hydrogens (tertiary/aromatic N) is 2. The molecule has 0 spiro atoms. The van der Waals surface area contributed by atoms with E-state index < -0.39 is 0 Å². The maximum atomic E-state index is 12.5. The van der Waals surface area contributed by atoms with Crippen molar-refractivity contribution >= 4 is 27.5 Å². The zero-order valence-corrected chi connectivity index (χ0v) is 15.8. The molecule has 2 aromatic carbocycles. The molecule has 1 aliphatic rings. The minimum absolute atomic E-state index is 0.229. The first-order valence-electron chi connectivity index (χ1n) is 8.37. The van der Waals surface area contributed by atoms with Crippen LogP contribution in [-0.2, 0) is 11.2 Å². The Morgan fingerprint density at radius 3 is 2.46 bits per heavy atom. The normalized spacial score (nSPS) is 14.8. The summed E-state index contributed by atoms with van der Waals surface area (Å²) < 4.78 is 1.14. The molecule has 0 unspecified atom stereocenters. The molecule has 1 fully saturated rings. The number of benzene rings is 2. The van der Waals surface area contributed by atoms with Crippen molar-refractivity contribution in [1.29, 1.82) is 0 Å². The van der Waals surface area contributed by atoms with Crippen molar-refractivity contribution in [2.75, 3.05) is 31.1 Å². The van der Waals surface area contributed by atoms with Crippen molar-refractivity contribution in [3.8, 4) is 0 Å². The van der Waals surface area contributed by atoms with Gasteiger partial charge < -0.3 is 9.80 Å². The zero-order valence-electron chi connectivity index (χ0n) is 14.3. The molecule has 0 aliphatic carbocycles. The molecule has 1 aliphatic heterocycles. The number of aryl methyl sites for hydroxylation is 2. The summed E-state index contributed by atoms with van der Waals surface area (Å²) in [6, 6.07) is 14.7. The molecule has 2 aromatic rings. The van der Waals surface area contributed by atoms with E-state index in [2.05, 4.69) is 65.0 Å². The number of hydrogen-bond donors (Lipinski definition) is 0. The Labute approximate surface area is 152 Å². The fourth-order valence-corrected chi connectivity index (χ4v) is 3.39. The number of carbonyl (C=O) groups is 1. The number of rotatable bonds is 3. The van der Waals surface area contributed by atoms with E-state index >= 15 is 0 Å². The third-order valence-electron chi connectivity index (χ3n) is 4.58. The largest absolute Gasteiger partial charge is 0.368 e. The van der Waals surface area contributed by atoms with Gasteiger partial charge in [0, 0.05) is 36.3 Å². The number of piperazine rings is 1. The predicted molar refractivity (Wildman–Crippen MR) is 103 cm³/mol. The van der Waals surface area contributed by atoms with E-state index in [1.54, 1.807) is 0 Å². The predicted octanol–water partition coefficient (Wildman–Crippen LogP) is 3.96. The van der Waals surface area contributed by atoms with Gasteiger partial charge in [-0.1, -0.05) is 45.8 Å². The quantitative estimate of drug-likeness (QED) is 0.796.